The number of hydrogen-bond donors (Lipinski definition) is 2. The van der Waals surface area contributed by atoms with Gasteiger partial charge < -0.3 is 16.0 Å². The van der Waals surface area contributed by atoms with Gasteiger partial charge in [0, 0.05) is 17.9 Å². The number of nitrogens with zero attached hydrogens (tertiary/aromatic N) is 1. The van der Waals surface area contributed by atoms with E-state index in [0.29, 0.717) is 13.0 Å². The number of hydrogen-bond acceptors (Lipinski definition) is 3. The number of anilines is 2. The second-order valence-corrected chi connectivity index (χ2v) is 8.09. The molecule has 28 heavy (non-hydrogen) atoms. The Morgan fingerprint density at radius 3 is 2.61 bits per heavy atom. The summed E-state index contributed by atoms with van der Waals surface area (Å²) >= 11 is 0. The number of carbonyl (C=O) groups excluding carboxylic acids is 2. The van der Waals surface area contributed by atoms with E-state index in [0.717, 1.165) is 47.3 Å². The second kappa shape index (κ2) is 7.30. The van der Waals surface area contributed by atoms with Gasteiger partial charge in [-0.05, 0) is 86.1 Å². The van der Waals surface area contributed by atoms with E-state index < -0.39 is 5.92 Å². The molecule has 0 radical (unpaired) electrons. The van der Waals surface area contributed by atoms with Crippen LogP contribution in [-0.4, -0.2) is 18.4 Å². The van der Waals surface area contributed by atoms with E-state index in [1.165, 1.54) is 5.56 Å². The third-order valence-electron chi connectivity index (χ3n) is 5.84. The summed E-state index contributed by atoms with van der Waals surface area (Å²) in [7, 11) is 0. The number of fused-ring (bicyclic) bond motifs is 1. The Hall–Kier alpha value is -2.82. The Kier molecular flexibility index (Phi) is 4.84. The zero-order chi connectivity index (χ0) is 19.8. The lowest BCUT2D eigenvalue weighted by Crippen LogP contribution is -2.39. The molecule has 0 aromatic heterocycles. The standard InChI is InChI=1S/C23H27N3O2/c1-14-10-15(2)12-18(11-14)26-9-8-20(23(26)28)22(27)25-21-5-3-4-16-13-17(24)6-7-19(16)21/h6-7,10-13,20-21H,3-5,8-9,24H2,1-2H3,(H,25,27). The number of aryl methyl sites for hydroxylation is 3. The lowest BCUT2D eigenvalue weighted by Gasteiger charge is -2.27. The minimum absolute atomic E-state index is 0.0417. The van der Waals surface area contributed by atoms with E-state index >= 15 is 0 Å². The quantitative estimate of drug-likeness (QED) is 0.636. The molecule has 5 nitrogen and oxygen atoms in total. The molecule has 5 heteroatoms. The van der Waals surface area contributed by atoms with Gasteiger partial charge in [-0.3, -0.25) is 9.59 Å². The van der Waals surface area contributed by atoms with E-state index in [-0.39, 0.29) is 17.9 Å². The van der Waals surface area contributed by atoms with Crippen molar-refractivity contribution >= 4 is 23.2 Å². The Balaban J connectivity index is 1.49. The molecule has 2 aliphatic rings. The van der Waals surface area contributed by atoms with Crippen LogP contribution in [0.25, 0.3) is 0 Å². The molecular weight excluding hydrogens is 350 g/mol. The molecule has 2 aromatic carbocycles. The molecule has 1 saturated heterocycles. The van der Waals surface area contributed by atoms with Crippen molar-refractivity contribution in [2.24, 2.45) is 5.92 Å². The Morgan fingerprint density at radius 1 is 1.11 bits per heavy atom. The van der Waals surface area contributed by atoms with E-state index in [9.17, 15) is 9.59 Å². The van der Waals surface area contributed by atoms with E-state index in [1.807, 2.05) is 44.2 Å². The first-order chi connectivity index (χ1) is 13.4. The van der Waals surface area contributed by atoms with Gasteiger partial charge in [0.25, 0.3) is 0 Å². The molecule has 146 valence electrons. The van der Waals surface area contributed by atoms with Gasteiger partial charge >= 0.3 is 0 Å². The van der Waals surface area contributed by atoms with Crippen LogP contribution in [0.15, 0.2) is 36.4 Å². The van der Waals surface area contributed by atoms with Crippen molar-refractivity contribution in [1.82, 2.24) is 5.32 Å². The third-order valence-corrected chi connectivity index (χ3v) is 5.84. The number of carbonyl (C=O) groups is 2. The van der Waals surface area contributed by atoms with Crippen molar-refractivity contribution in [2.45, 2.75) is 45.6 Å². The van der Waals surface area contributed by atoms with Crippen molar-refractivity contribution < 1.29 is 9.59 Å². The van der Waals surface area contributed by atoms with Crippen LogP contribution in [0, 0.1) is 19.8 Å². The number of nitrogens with one attached hydrogen (secondary N) is 1. The highest BCUT2D eigenvalue weighted by molar-refractivity contribution is 6.09. The average Bonchev–Trinajstić information content (AvgIpc) is 3.02. The van der Waals surface area contributed by atoms with Gasteiger partial charge in [-0.1, -0.05) is 12.1 Å². The summed E-state index contributed by atoms with van der Waals surface area (Å²) in [6.45, 7) is 4.63. The van der Waals surface area contributed by atoms with Gasteiger partial charge in [-0.15, -0.1) is 0 Å². The van der Waals surface area contributed by atoms with Crippen LogP contribution in [0.1, 0.15) is 47.6 Å². The molecule has 1 aliphatic heterocycles. The maximum atomic E-state index is 13.0. The summed E-state index contributed by atoms with van der Waals surface area (Å²) in [6, 6.07) is 11.9. The zero-order valence-corrected chi connectivity index (χ0v) is 16.5. The smallest absolute Gasteiger partial charge is 0.239 e. The summed E-state index contributed by atoms with van der Waals surface area (Å²) in [5.74, 6) is -0.873. The maximum Gasteiger partial charge on any atom is 0.239 e. The molecule has 0 bridgehead atoms. The predicted octanol–water partition coefficient (Wildman–Crippen LogP) is 3.43. The van der Waals surface area contributed by atoms with Gasteiger partial charge in [-0.25, -0.2) is 0 Å². The number of benzene rings is 2. The van der Waals surface area contributed by atoms with Gasteiger partial charge in [0.05, 0.1) is 6.04 Å². The summed E-state index contributed by atoms with van der Waals surface area (Å²) in [5, 5.41) is 3.13. The molecule has 1 fully saturated rings. The lowest BCUT2D eigenvalue weighted by atomic mass is 9.87. The van der Waals surface area contributed by atoms with Crippen molar-refractivity contribution in [1.29, 1.82) is 0 Å². The first-order valence-electron chi connectivity index (χ1n) is 10.0. The summed E-state index contributed by atoms with van der Waals surface area (Å²) in [4.78, 5) is 27.6. The second-order valence-electron chi connectivity index (χ2n) is 8.09. The zero-order valence-electron chi connectivity index (χ0n) is 16.5. The minimum atomic E-state index is -0.611. The molecule has 1 aliphatic carbocycles. The van der Waals surface area contributed by atoms with E-state index in [1.54, 1.807) is 4.90 Å². The molecular formula is C23H27N3O2. The Labute approximate surface area is 165 Å². The highest BCUT2D eigenvalue weighted by Crippen LogP contribution is 2.32. The van der Waals surface area contributed by atoms with Crippen molar-refractivity contribution in [3.8, 4) is 0 Å². The number of nitrogen functional groups attached to an aromatic ring is 1. The Morgan fingerprint density at radius 2 is 1.86 bits per heavy atom. The monoisotopic (exact) mass is 377 g/mol. The van der Waals surface area contributed by atoms with Crippen LogP contribution in [0.4, 0.5) is 11.4 Å². The van der Waals surface area contributed by atoms with Crippen LogP contribution < -0.4 is 16.0 Å². The molecule has 1 heterocycles. The molecule has 3 N–H and O–H groups in total. The molecule has 2 amide bonds. The summed E-state index contributed by atoms with van der Waals surface area (Å²) < 4.78 is 0. The average molecular weight is 377 g/mol. The van der Waals surface area contributed by atoms with Crippen molar-refractivity contribution in [3.63, 3.8) is 0 Å². The van der Waals surface area contributed by atoms with E-state index in [4.69, 9.17) is 5.73 Å². The summed E-state index contributed by atoms with van der Waals surface area (Å²) in [5.41, 5.74) is 12.1. The van der Waals surface area contributed by atoms with Gasteiger partial charge in [0.15, 0.2) is 0 Å². The topological polar surface area (TPSA) is 75.4 Å². The molecule has 2 atom stereocenters. The highest BCUT2D eigenvalue weighted by Gasteiger charge is 2.38. The number of rotatable bonds is 3. The maximum absolute atomic E-state index is 13.0. The minimum Gasteiger partial charge on any atom is -0.399 e. The number of amides is 2. The van der Waals surface area contributed by atoms with Crippen LogP contribution >= 0.6 is 0 Å². The normalized spacial score (nSPS) is 21.5. The van der Waals surface area contributed by atoms with Crippen molar-refractivity contribution in [3.05, 3.63) is 58.7 Å². The lowest BCUT2D eigenvalue weighted by molar-refractivity contribution is -0.132. The van der Waals surface area contributed by atoms with Gasteiger partial charge in [-0.2, -0.15) is 0 Å². The molecule has 2 aromatic rings. The van der Waals surface area contributed by atoms with Crippen LogP contribution in [0.5, 0.6) is 0 Å². The van der Waals surface area contributed by atoms with Crippen LogP contribution in [-0.2, 0) is 16.0 Å². The molecule has 4 rings (SSSR count). The number of nitrogens with two attached hydrogens (primary N) is 1. The van der Waals surface area contributed by atoms with Crippen molar-refractivity contribution in [2.75, 3.05) is 17.2 Å². The molecule has 0 spiro atoms. The predicted molar refractivity (Wildman–Crippen MR) is 111 cm³/mol. The van der Waals surface area contributed by atoms with E-state index in [2.05, 4.69) is 11.4 Å². The summed E-state index contributed by atoms with van der Waals surface area (Å²) in [6.07, 6.45) is 3.44. The first-order valence-corrected chi connectivity index (χ1v) is 10.0. The fourth-order valence-corrected chi connectivity index (χ4v) is 4.54. The first kappa shape index (κ1) is 18.5. The van der Waals surface area contributed by atoms with Crippen LogP contribution in [0.3, 0.4) is 0 Å². The van der Waals surface area contributed by atoms with Gasteiger partial charge in [0.1, 0.15) is 5.92 Å². The third kappa shape index (κ3) is 3.49. The SMILES string of the molecule is Cc1cc(C)cc(N2CCC(C(=O)NC3CCCc4cc(N)ccc43)C2=O)c1. The van der Waals surface area contributed by atoms with Crippen LogP contribution in [0.2, 0.25) is 0 Å². The Bertz CT molecular complexity index is 917. The fraction of sp³-hybridized carbons (Fsp3) is 0.391. The molecule has 2 unspecified atom stereocenters. The molecule has 0 saturated carbocycles. The largest absolute Gasteiger partial charge is 0.399 e. The highest BCUT2D eigenvalue weighted by atomic mass is 16.2. The van der Waals surface area contributed by atoms with Gasteiger partial charge in [0.2, 0.25) is 11.8 Å². The fourth-order valence-electron chi connectivity index (χ4n) is 4.54.